The SMILES string of the molecule is CC(C)S(=O)(=O)Nc1ccc(C(=O)O)cc1[N+](=O)[O-]. The predicted molar refractivity (Wildman–Crippen MR) is 67.7 cm³/mol. The average molecular weight is 288 g/mol. The van der Waals surface area contributed by atoms with Gasteiger partial charge in [-0.1, -0.05) is 0 Å². The van der Waals surface area contributed by atoms with Crippen molar-refractivity contribution in [3.63, 3.8) is 0 Å². The molecule has 0 heterocycles. The van der Waals surface area contributed by atoms with Crippen LogP contribution in [0.4, 0.5) is 11.4 Å². The molecular weight excluding hydrogens is 276 g/mol. The van der Waals surface area contributed by atoms with Gasteiger partial charge in [-0.3, -0.25) is 14.8 Å². The summed E-state index contributed by atoms with van der Waals surface area (Å²) in [6.45, 7) is 2.83. The molecular formula is C10H12N2O6S. The Balaban J connectivity index is 3.29. The predicted octanol–water partition coefficient (Wildman–Crippen LogP) is 1.44. The highest BCUT2D eigenvalue weighted by Crippen LogP contribution is 2.27. The van der Waals surface area contributed by atoms with Gasteiger partial charge in [0.15, 0.2) is 0 Å². The van der Waals surface area contributed by atoms with Crippen LogP contribution in [0, 0.1) is 10.1 Å². The minimum Gasteiger partial charge on any atom is -0.478 e. The van der Waals surface area contributed by atoms with E-state index >= 15 is 0 Å². The van der Waals surface area contributed by atoms with Crippen molar-refractivity contribution < 1.29 is 23.2 Å². The number of carbonyl (C=O) groups is 1. The first-order valence-electron chi connectivity index (χ1n) is 5.18. The van der Waals surface area contributed by atoms with Crippen LogP contribution >= 0.6 is 0 Å². The van der Waals surface area contributed by atoms with Crippen LogP contribution in [0.2, 0.25) is 0 Å². The van der Waals surface area contributed by atoms with Gasteiger partial charge >= 0.3 is 5.97 Å². The van der Waals surface area contributed by atoms with Crippen molar-refractivity contribution in [3.8, 4) is 0 Å². The third-order valence-electron chi connectivity index (χ3n) is 2.31. The third kappa shape index (κ3) is 3.41. The summed E-state index contributed by atoms with van der Waals surface area (Å²) in [5.41, 5.74) is -1.16. The van der Waals surface area contributed by atoms with Gasteiger partial charge in [-0.2, -0.15) is 0 Å². The van der Waals surface area contributed by atoms with Crippen LogP contribution < -0.4 is 4.72 Å². The van der Waals surface area contributed by atoms with E-state index in [4.69, 9.17) is 5.11 Å². The minimum absolute atomic E-state index is 0.260. The van der Waals surface area contributed by atoms with E-state index in [9.17, 15) is 23.3 Å². The zero-order valence-corrected chi connectivity index (χ0v) is 11.0. The van der Waals surface area contributed by atoms with Crippen LogP contribution in [-0.4, -0.2) is 29.7 Å². The first-order valence-corrected chi connectivity index (χ1v) is 6.73. The van der Waals surface area contributed by atoms with Gasteiger partial charge in [0, 0.05) is 6.07 Å². The summed E-state index contributed by atoms with van der Waals surface area (Å²) in [5.74, 6) is -1.33. The molecule has 0 fully saturated rings. The van der Waals surface area contributed by atoms with Crippen molar-refractivity contribution in [2.24, 2.45) is 0 Å². The van der Waals surface area contributed by atoms with Gasteiger partial charge in [0.25, 0.3) is 5.69 Å². The van der Waals surface area contributed by atoms with Crippen LogP contribution in [0.3, 0.4) is 0 Å². The molecule has 1 rings (SSSR count). The molecule has 1 aromatic carbocycles. The number of hydrogen-bond donors (Lipinski definition) is 2. The second-order valence-electron chi connectivity index (χ2n) is 3.99. The molecule has 104 valence electrons. The first kappa shape index (κ1) is 14.9. The van der Waals surface area contributed by atoms with E-state index in [0.717, 1.165) is 18.2 Å². The molecule has 0 atom stereocenters. The largest absolute Gasteiger partial charge is 0.478 e. The maximum Gasteiger partial charge on any atom is 0.335 e. The summed E-state index contributed by atoms with van der Waals surface area (Å²) in [5, 5.41) is 18.8. The van der Waals surface area contributed by atoms with E-state index in [1.165, 1.54) is 13.8 Å². The molecule has 19 heavy (non-hydrogen) atoms. The smallest absolute Gasteiger partial charge is 0.335 e. The molecule has 9 heteroatoms. The fourth-order valence-corrected chi connectivity index (χ4v) is 1.89. The summed E-state index contributed by atoms with van der Waals surface area (Å²) in [6.07, 6.45) is 0. The Labute approximate surface area is 109 Å². The topological polar surface area (TPSA) is 127 Å². The van der Waals surface area contributed by atoms with Crippen molar-refractivity contribution in [2.75, 3.05) is 4.72 Å². The van der Waals surface area contributed by atoms with Gasteiger partial charge in [0.2, 0.25) is 10.0 Å². The molecule has 0 saturated carbocycles. The highest BCUT2D eigenvalue weighted by Gasteiger charge is 2.23. The van der Waals surface area contributed by atoms with Crippen LogP contribution in [0.25, 0.3) is 0 Å². The number of benzene rings is 1. The maximum absolute atomic E-state index is 11.6. The number of sulfonamides is 1. The lowest BCUT2D eigenvalue weighted by atomic mass is 10.2. The van der Waals surface area contributed by atoms with Crippen molar-refractivity contribution in [3.05, 3.63) is 33.9 Å². The lowest BCUT2D eigenvalue weighted by molar-refractivity contribution is -0.383. The van der Waals surface area contributed by atoms with Crippen LogP contribution in [0.1, 0.15) is 24.2 Å². The zero-order valence-electron chi connectivity index (χ0n) is 10.2. The second kappa shape index (κ2) is 5.22. The summed E-state index contributed by atoms with van der Waals surface area (Å²) in [4.78, 5) is 20.7. The molecule has 0 aliphatic rings. The molecule has 0 bridgehead atoms. The van der Waals surface area contributed by atoms with Gasteiger partial charge in [0.1, 0.15) is 5.69 Å². The number of nitrogens with one attached hydrogen (secondary N) is 1. The van der Waals surface area contributed by atoms with E-state index in [1.54, 1.807) is 0 Å². The Morgan fingerprint density at radius 1 is 1.42 bits per heavy atom. The van der Waals surface area contributed by atoms with Gasteiger partial charge < -0.3 is 5.11 Å². The second-order valence-corrected chi connectivity index (χ2v) is 6.23. The molecule has 0 saturated heterocycles. The fraction of sp³-hybridized carbons (Fsp3) is 0.300. The Morgan fingerprint density at radius 3 is 2.42 bits per heavy atom. The number of rotatable bonds is 5. The number of hydrogen-bond acceptors (Lipinski definition) is 5. The number of aromatic carboxylic acids is 1. The number of nitrogens with zero attached hydrogens (tertiary/aromatic N) is 1. The quantitative estimate of drug-likeness (QED) is 0.623. The monoisotopic (exact) mass is 288 g/mol. The molecule has 0 aliphatic heterocycles. The Bertz CT molecular complexity index is 623. The number of nitro benzene ring substituents is 1. The van der Waals surface area contributed by atoms with Gasteiger partial charge in [0.05, 0.1) is 15.7 Å². The Hall–Kier alpha value is -2.16. The van der Waals surface area contributed by atoms with Gasteiger partial charge in [-0.15, -0.1) is 0 Å². The van der Waals surface area contributed by atoms with Crippen molar-refractivity contribution in [2.45, 2.75) is 19.1 Å². The average Bonchev–Trinajstić information content (AvgIpc) is 2.28. The highest BCUT2D eigenvalue weighted by atomic mass is 32.2. The van der Waals surface area contributed by atoms with E-state index in [-0.39, 0.29) is 11.3 Å². The summed E-state index contributed by atoms with van der Waals surface area (Å²) in [6, 6.07) is 2.95. The summed E-state index contributed by atoms with van der Waals surface area (Å²) < 4.78 is 25.4. The molecule has 2 N–H and O–H groups in total. The molecule has 8 nitrogen and oxygen atoms in total. The highest BCUT2D eigenvalue weighted by molar-refractivity contribution is 7.93. The third-order valence-corrected chi connectivity index (χ3v) is 4.06. The lowest BCUT2D eigenvalue weighted by Crippen LogP contribution is -2.23. The number of nitro groups is 1. The number of anilines is 1. The molecule has 0 spiro atoms. The summed E-state index contributed by atoms with van der Waals surface area (Å²) >= 11 is 0. The minimum atomic E-state index is -3.74. The first-order chi connectivity index (χ1) is 8.65. The molecule has 0 amide bonds. The summed E-state index contributed by atoms with van der Waals surface area (Å²) in [7, 11) is -3.74. The van der Waals surface area contributed by atoms with Gasteiger partial charge in [-0.25, -0.2) is 13.2 Å². The van der Waals surface area contributed by atoms with E-state index in [0.29, 0.717) is 0 Å². The van der Waals surface area contributed by atoms with Crippen molar-refractivity contribution in [1.29, 1.82) is 0 Å². The van der Waals surface area contributed by atoms with E-state index in [2.05, 4.69) is 4.72 Å². The number of carboxylic acid groups (broad SMARTS) is 1. The molecule has 0 aliphatic carbocycles. The lowest BCUT2D eigenvalue weighted by Gasteiger charge is -2.11. The molecule has 0 radical (unpaired) electrons. The maximum atomic E-state index is 11.6. The van der Waals surface area contributed by atoms with Crippen LogP contribution in [-0.2, 0) is 10.0 Å². The fourth-order valence-electron chi connectivity index (χ4n) is 1.17. The Kier molecular flexibility index (Phi) is 4.10. The standard InChI is InChI=1S/C10H12N2O6S/c1-6(2)19(17,18)11-8-4-3-7(10(13)14)5-9(8)12(15)16/h3-6,11H,1-2H3,(H,13,14). The molecule has 1 aromatic rings. The van der Waals surface area contributed by atoms with Crippen LogP contribution in [0.5, 0.6) is 0 Å². The van der Waals surface area contributed by atoms with Crippen molar-refractivity contribution in [1.82, 2.24) is 0 Å². The molecule has 0 aromatic heterocycles. The Morgan fingerprint density at radius 2 is 2.00 bits per heavy atom. The van der Waals surface area contributed by atoms with Crippen LogP contribution in [0.15, 0.2) is 18.2 Å². The number of carboxylic acids is 1. The zero-order chi connectivity index (χ0) is 14.8. The molecule has 0 unspecified atom stereocenters. The van der Waals surface area contributed by atoms with Gasteiger partial charge in [-0.05, 0) is 26.0 Å². The van der Waals surface area contributed by atoms with E-state index in [1.807, 2.05) is 0 Å². The normalized spacial score (nSPS) is 11.3. The van der Waals surface area contributed by atoms with Crippen molar-refractivity contribution >= 4 is 27.4 Å². The van der Waals surface area contributed by atoms with E-state index < -0.39 is 31.9 Å².